The highest BCUT2D eigenvalue weighted by Gasteiger charge is 2.17. The number of aryl methyl sites for hydroxylation is 1. The molecule has 0 aliphatic carbocycles. The highest BCUT2D eigenvalue weighted by Crippen LogP contribution is 2.12. The Labute approximate surface area is 111 Å². The van der Waals surface area contributed by atoms with Gasteiger partial charge in [0, 0.05) is 12.6 Å². The third kappa shape index (κ3) is 4.11. The van der Waals surface area contributed by atoms with Gasteiger partial charge in [0.25, 0.3) is 0 Å². The van der Waals surface area contributed by atoms with Gasteiger partial charge in [-0.25, -0.2) is 0 Å². The van der Waals surface area contributed by atoms with Crippen molar-refractivity contribution in [3.05, 3.63) is 35.4 Å². The maximum absolute atomic E-state index is 3.70. The van der Waals surface area contributed by atoms with E-state index in [1.807, 2.05) is 0 Å². The first-order chi connectivity index (χ1) is 8.78. The van der Waals surface area contributed by atoms with Crippen LogP contribution in [0.25, 0.3) is 0 Å². The largest absolute Gasteiger partial charge is 0.310 e. The van der Waals surface area contributed by atoms with E-state index >= 15 is 0 Å². The van der Waals surface area contributed by atoms with Crippen LogP contribution in [0.1, 0.15) is 37.3 Å². The molecule has 2 rings (SSSR count). The summed E-state index contributed by atoms with van der Waals surface area (Å²) >= 11 is 0. The molecule has 1 aliphatic heterocycles. The van der Waals surface area contributed by atoms with Gasteiger partial charge in [0.05, 0.1) is 0 Å². The van der Waals surface area contributed by atoms with Crippen LogP contribution in [0, 0.1) is 6.92 Å². The minimum Gasteiger partial charge on any atom is -0.310 e. The predicted molar refractivity (Wildman–Crippen MR) is 77.8 cm³/mol. The topological polar surface area (TPSA) is 15.3 Å². The lowest BCUT2D eigenvalue weighted by Crippen LogP contribution is -2.42. The lowest BCUT2D eigenvalue weighted by atomic mass is 10.0. The van der Waals surface area contributed by atoms with E-state index in [1.165, 1.54) is 50.0 Å². The Morgan fingerprint density at radius 1 is 1.28 bits per heavy atom. The van der Waals surface area contributed by atoms with E-state index in [9.17, 15) is 0 Å². The molecule has 1 fully saturated rings. The molecule has 0 spiro atoms. The molecule has 0 amide bonds. The van der Waals surface area contributed by atoms with Crippen molar-refractivity contribution in [1.29, 1.82) is 0 Å². The summed E-state index contributed by atoms with van der Waals surface area (Å²) in [4.78, 5) is 2.59. The Bertz CT molecular complexity index is 354. The van der Waals surface area contributed by atoms with Crippen molar-refractivity contribution in [3.63, 3.8) is 0 Å². The molecule has 0 radical (unpaired) electrons. The summed E-state index contributed by atoms with van der Waals surface area (Å²) in [5.74, 6) is 0. The Kier molecular flexibility index (Phi) is 5.21. The van der Waals surface area contributed by atoms with Crippen LogP contribution < -0.4 is 5.32 Å². The molecule has 0 unspecified atom stereocenters. The van der Waals surface area contributed by atoms with Crippen LogP contribution in [0.5, 0.6) is 0 Å². The number of nitrogens with one attached hydrogen (secondary N) is 1. The number of hydrogen-bond acceptors (Lipinski definition) is 2. The summed E-state index contributed by atoms with van der Waals surface area (Å²) in [5, 5.41) is 3.70. The van der Waals surface area contributed by atoms with E-state index in [-0.39, 0.29) is 0 Å². The summed E-state index contributed by atoms with van der Waals surface area (Å²) in [6.07, 6.45) is 3.87. The molecule has 1 aromatic rings. The first-order valence-corrected chi connectivity index (χ1v) is 7.29. The monoisotopic (exact) mass is 246 g/mol. The fourth-order valence-electron chi connectivity index (χ4n) is 2.76. The molecular weight excluding hydrogens is 220 g/mol. The van der Waals surface area contributed by atoms with Crippen LogP contribution in [0.4, 0.5) is 0 Å². The molecule has 0 atom stereocenters. The van der Waals surface area contributed by atoms with Gasteiger partial charge in [0.1, 0.15) is 0 Å². The van der Waals surface area contributed by atoms with Gasteiger partial charge >= 0.3 is 0 Å². The van der Waals surface area contributed by atoms with Gasteiger partial charge in [-0.05, 0) is 51.4 Å². The van der Waals surface area contributed by atoms with Crippen molar-refractivity contribution in [2.75, 3.05) is 19.6 Å². The van der Waals surface area contributed by atoms with Crippen molar-refractivity contribution in [2.45, 2.75) is 45.7 Å². The summed E-state index contributed by atoms with van der Waals surface area (Å²) in [7, 11) is 0. The van der Waals surface area contributed by atoms with Crippen molar-refractivity contribution < 1.29 is 0 Å². The van der Waals surface area contributed by atoms with Crippen LogP contribution >= 0.6 is 0 Å². The highest BCUT2D eigenvalue weighted by molar-refractivity contribution is 5.22. The van der Waals surface area contributed by atoms with Crippen LogP contribution in [0.3, 0.4) is 0 Å². The van der Waals surface area contributed by atoms with Gasteiger partial charge in [-0.2, -0.15) is 0 Å². The second-order valence-electron chi connectivity index (χ2n) is 5.49. The van der Waals surface area contributed by atoms with Gasteiger partial charge < -0.3 is 10.2 Å². The van der Waals surface area contributed by atoms with E-state index in [2.05, 4.69) is 48.3 Å². The van der Waals surface area contributed by atoms with Crippen LogP contribution in [-0.4, -0.2) is 30.6 Å². The van der Waals surface area contributed by atoms with E-state index in [0.29, 0.717) is 6.04 Å². The van der Waals surface area contributed by atoms with Gasteiger partial charge in [0.15, 0.2) is 0 Å². The third-order valence-electron chi connectivity index (χ3n) is 3.80. The van der Waals surface area contributed by atoms with E-state index in [4.69, 9.17) is 0 Å². The zero-order valence-corrected chi connectivity index (χ0v) is 11.8. The lowest BCUT2D eigenvalue weighted by molar-refractivity contribution is 0.197. The molecule has 0 saturated carbocycles. The SMILES string of the molecule is CCCN1CCC(NCc2cccc(C)c2)CC1. The molecule has 0 aromatic heterocycles. The number of rotatable bonds is 5. The predicted octanol–water partition coefficient (Wildman–Crippen LogP) is 2.96. The van der Waals surface area contributed by atoms with E-state index < -0.39 is 0 Å². The first-order valence-electron chi connectivity index (χ1n) is 7.29. The molecule has 1 aliphatic rings. The summed E-state index contributed by atoms with van der Waals surface area (Å²) in [6, 6.07) is 9.51. The number of piperidine rings is 1. The minimum atomic E-state index is 0.707. The van der Waals surface area contributed by atoms with Crippen molar-refractivity contribution >= 4 is 0 Å². The van der Waals surface area contributed by atoms with Crippen molar-refractivity contribution in [3.8, 4) is 0 Å². The second-order valence-corrected chi connectivity index (χ2v) is 5.49. The minimum absolute atomic E-state index is 0.707. The molecule has 18 heavy (non-hydrogen) atoms. The van der Waals surface area contributed by atoms with Gasteiger partial charge in [0.2, 0.25) is 0 Å². The second kappa shape index (κ2) is 6.91. The maximum atomic E-state index is 3.70. The molecule has 2 nitrogen and oxygen atoms in total. The Morgan fingerprint density at radius 3 is 2.72 bits per heavy atom. The lowest BCUT2D eigenvalue weighted by Gasteiger charge is -2.32. The van der Waals surface area contributed by atoms with Crippen molar-refractivity contribution in [2.24, 2.45) is 0 Å². The smallest absolute Gasteiger partial charge is 0.0208 e. The van der Waals surface area contributed by atoms with E-state index in [0.717, 1.165) is 6.54 Å². The normalized spacial score (nSPS) is 18.1. The molecule has 1 aromatic carbocycles. The Balaban J connectivity index is 1.72. The summed E-state index contributed by atoms with van der Waals surface area (Å²) < 4.78 is 0. The molecular formula is C16H26N2. The average Bonchev–Trinajstić information content (AvgIpc) is 2.38. The zero-order chi connectivity index (χ0) is 12.8. The third-order valence-corrected chi connectivity index (χ3v) is 3.80. The van der Waals surface area contributed by atoms with Gasteiger partial charge in [-0.15, -0.1) is 0 Å². The maximum Gasteiger partial charge on any atom is 0.0208 e. The van der Waals surface area contributed by atoms with Crippen LogP contribution in [0.2, 0.25) is 0 Å². The zero-order valence-electron chi connectivity index (χ0n) is 11.8. The molecule has 1 N–H and O–H groups in total. The van der Waals surface area contributed by atoms with Gasteiger partial charge in [-0.3, -0.25) is 0 Å². The Morgan fingerprint density at radius 2 is 2.06 bits per heavy atom. The fourth-order valence-corrected chi connectivity index (χ4v) is 2.76. The molecule has 1 saturated heterocycles. The summed E-state index contributed by atoms with van der Waals surface area (Å²) in [6.45, 7) is 9.23. The molecule has 0 bridgehead atoms. The quantitative estimate of drug-likeness (QED) is 0.859. The van der Waals surface area contributed by atoms with Crippen molar-refractivity contribution in [1.82, 2.24) is 10.2 Å². The number of nitrogens with zero attached hydrogens (tertiary/aromatic N) is 1. The Hall–Kier alpha value is -0.860. The number of hydrogen-bond donors (Lipinski definition) is 1. The summed E-state index contributed by atoms with van der Waals surface area (Å²) in [5.41, 5.74) is 2.76. The number of benzene rings is 1. The molecule has 2 heteroatoms. The van der Waals surface area contributed by atoms with Crippen LogP contribution in [-0.2, 0) is 6.54 Å². The fraction of sp³-hybridized carbons (Fsp3) is 0.625. The molecule has 100 valence electrons. The van der Waals surface area contributed by atoms with Crippen LogP contribution in [0.15, 0.2) is 24.3 Å². The van der Waals surface area contributed by atoms with E-state index in [1.54, 1.807) is 0 Å². The average molecular weight is 246 g/mol. The van der Waals surface area contributed by atoms with Gasteiger partial charge in [-0.1, -0.05) is 36.8 Å². The standard InChI is InChI=1S/C16H26N2/c1-3-9-18-10-7-16(8-11-18)17-13-15-6-4-5-14(2)12-15/h4-6,12,16-17H,3,7-11,13H2,1-2H3. The number of likely N-dealkylation sites (tertiary alicyclic amines) is 1. The highest BCUT2D eigenvalue weighted by atomic mass is 15.1. The first kappa shape index (κ1) is 13.6. The molecule has 1 heterocycles.